The summed E-state index contributed by atoms with van der Waals surface area (Å²) in [6, 6.07) is 5.52. The summed E-state index contributed by atoms with van der Waals surface area (Å²) in [7, 11) is -2.33. The van der Waals surface area contributed by atoms with Gasteiger partial charge in [0.2, 0.25) is 10.0 Å². The van der Waals surface area contributed by atoms with Gasteiger partial charge in [-0.25, -0.2) is 13.2 Å². The first-order chi connectivity index (χ1) is 9.66. The van der Waals surface area contributed by atoms with E-state index < -0.39 is 21.5 Å². The first kappa shape index (κ1) is 17.6. The van der Waals surface area contributed by atoms with Crippen LogP contribution in [0.2, 0.25) is 0 Å². The molecule has 21 heavy (non-hydrogen) atoms. The molecule has 0 aliphatic rings. The smallest absolute Gasteiger partial charge is 0.338 e. The Labute approximate surface area is 125 Å². The van der Waals surface area contributed by atoms with Crippen molar-refractivity contribution in [3.63, 3.8) is 0 Å². The normalized spacial score (nSPS) is 12.5. The average Bonchev–Trinajstić information content (AvgIpc) is 2.46. The van der Waals surface area contributed by atoms with Crippen molar-refractivity contribution in [2.24, 2.45) is 0 Å². The number of rotatable bonds is 6. The number of carbonyl (C=O) groups is 1. The summed E-state index contributed by atoms with van der Waals surface area (Å²) in [6.45, 7) is 4.90. The predicted octanol–water partition coefficient (Wildman–Crippen LogP) is 1.25. The quantitative estimate of drug-likeness (QED) is 0.799. The van der Waals surface area contributed by atoms with Gasteiger partial charge in [0.15, 0.2) is 0 Å². The number of ether oxygens (including phenoxy) is 1. The number of sulfonamides is 1. The molecule has 0 bridgehead atoms. The van der Waals surface area contributed by atoms with Gasteiger partial charge in [0.1, 0.15) is 0 Å². The van der Waals surface area contributed by atoms with Crippen molar-refractivity contribution in [2.45, 2.75) is 31.2 Å². The molecule has 0 fully saturated rings. The molecule has 7 heteroatoms. The summed E-state index contributed by atoms with van der Waals surface area (Å²) in [5.74, 6) is -0.495. The minimum absolute atomic E-state index is 0.0552. The molecule has 0 aliphatic carbocycles. The highest BCUT2D eigenvalue weighted by atomic mass is 32.2. The molecule has 0 spiro atoms. The minimum atomic E-state index is -3.74. The fraction of sp³-hybridized carbons (Fsp3) is 0.500. The maximum atomic E-state index is 12.4. The second kappa shape index (κ2) is 6.55. The Bertz CT molecular complexity index is 592. The van der Waals surface area contributed by atoms with E-state index in [1.807, 2.05) is 0 Å². The zero-order valence-corrected chi connectivity index (χ0v) is 13.5. The van der Waals surface area contributed by atoms with Crippen LogP contribution in [0.3, 0.4) is 0 Å². The molecule has 1 rings (SSSR count). The van der Waals surface area contributed by atoms with Gasteiger partial charge in [-0.1, -0.05) is 0 Å². The highest BCUT2D eigenvalue weighted by Crippen LogP contribution is 2.22. The van der Waals surface area contributed by atoms with E-state index in [0.717, 1.165) is 4.31 Å². The number of benzene rings is 1. The first-order valence-electron chi connectivity index (χ1n) is 6.54. The van der Waals surface area contributed by atoms with Crippen LogP contribution in [-0.4, -0.2) is 49.6 Å². The van der Waals surface area contributed by atoms with Crippen molar-refractivity contribution in [3.8, 4) is 0 Å². The Morgan fingerprint density at radius 2 is 1.81 bits per heavy atom. The van der Waals surface area contributed by atoms with Crippen LogP contribution in [0.5, 0.6) is 0 Å². The number of nitrogens with zero attached hydrogens (tertiary/aromatic N) is 1. The van der Waals surface area contributed by atoms with E-state index in [0.29, 0.717) is 5.56 Å². The lowest BCUT2D eigenvalue weighted by atomic mass is 10.1. The zero-order chi connectivity index (χ0) is 16.3. The van der Waals surface area contributed by atoms with E-state index >= 15 is 0 Å². The van der Waals surface area contributed by atoms with Gasteiger partial charge >= 0.3 is 5.97 Å². The Morgan fingerprint density at radius 3 is 2.24 bits per heavy atom. The van der Waals surface area contributed by atoms with E-state index in [4.69, 9.17) is 4.74 Å². The van der Waals surface area contributed by atoms with Crippen molar-refractivity contribution in [3.05, 3.63) is 29.8 Å². The highest BCUT2D eigenvalue weighted by Gasteiger charge is 2.33. The molecule has 0 saturated heterocycles. The summed E-state index contributed by atoms with van der Waals surface area (Å²) in [5.41, 5.74) is -0.626. The Morgan fingerprint density at radius 1 is 1.29 bits per heavy atom. The standard InChI is InChI=1S/C14H21NO5S/c1-5-20-13(17)11-6-8-12(9-7-11)21(18,19)15(4)14(2,3)10-16/h6-9,16H,5,10H2,1-4H3. The minimum Gasteiger partial charge on any atom is -0.462 e. The Kier molecular flexibility index (Phi) is 5.49. The second-order valence-corrected chi connectivity index (χ2v) is 7.16. The predicted molar refractivity (Wildman–Crippen MR) is 78.5 cm³/mol. The molecule has 1 aromatic rings. The van der Waals surface area contributed by atoms with E-state index in [1.54, 1.807) is 20.8 Å². The van der Waals surface area contributed by atoms with Crippen molar-refractivity contribution in [1.82, 2.24) is 4.31 Å². The number of hydrogen-bond donors (Lipinski definition) is 1. The lowest BCUT2D eigenvalue weighted by molar-refractivity contribution is 0.0526. The molecule has 0 amide bonds. The molecule has 0 aromatic heterocycles. The Hall–Kier alpha value is -1.44. The number of likely N-dealkylation sites (N-methyl/N-ethyl adjacent to an activating group) is 1. The molecule has 6 nitrogen and oxygen atoms in total. The van der Waals surface area contributed by atoms with Crippen LogP contribution in [0.25, 0.3) is 0 Å². The van der Waals surface area contributed by atoms with E-state index in [-0.39, 0.29) is 18.1 Å². The van der Waals surface area contributed by atoms with Crippen LogP contribution in [0, 0.1) is 0 Å². The molecular formula is C14H21NO5S. The fourth-order valence-corrected chi connectivity index (χ4v) is 3.07. The van der Waals surface area contributed by atoms with Crippen LogP contribution in [0.4, 0.5) is 0 Å². The third kappa shape index (κ3) is 3.81. The maximum absolute atomic E-state index is 12.4. The number of esters is 1. The Balaban J connectivity index is 3.08. The van der Waals surface area contributed by atoms with E-state index in [1.165, 1.54) is 31.3 Å². The van der Waals surface area contributed by atoms with Gasteiger partial charge < -0.3 is 9.84 Å². The van der Waals surface area contributed by atoms with Gasteiger partial charge in [-0.15, -0.1) is 0 Å². The van der Waals surface area contributed by atoms with Gasteiger partial charge in [-0.3, -0.25) is 0 Å². The second-order valence-electron chi connectivity index (χ2n) is 5.19. The lowest BCUT2D eigenvalue weighted by Gasteiger charge is -2.32. The molecule has 1 N–H and O–H groups in total. The molecule has 1 aromatic carbocycles. The maximum Gasteiger partial charge on any atom is 0.338 e. The first-order valence-corrected chi connectivity index (χ1v) is 7.98. The molecule has 0 atom stereocenters. The summed E-state index contributed by atoms with van der Waals surface area (Å²) >= 11 is 0. The number of aliphatic hydroxyl groups excluding tert-OH is 1. The largest absolute Gasteiger partial charge is 0.462 e. The lowest BCUT2D eigenvalue weighted by Crippen LogP contribution is -2.47. The fourth-order valence-electron chi connectivity index (χ4n) is 1.56. The summed E-state index contributed by atoms with van der Waals surface area (Å²) in [4.78, 5) is 11.6. The third-order valence-corrected chi connectivity index (χ3v) is 5.35. The van der Waals surface area contributed by atoms with Crippen LogP contribution < -0.4 is 0 Å². The molecule has 0 saturated carbocycles. The number of hydrogen-bond acceptors (Lipinski definition) is 5. The van der Waals surface area contributed by atoms with Crippen LogP contribution in [0.1, 0.15) is 31.1 Å². The summed E-state index contributed by atoms with van der Waals surface area (Å²) < 4.78 is 30.8. The SMILES string of the molecule is CCOC(=O)c1ccc(S(=O)(=O)N(C)C(C)(C)CO)cc1. The van der Waals surface area contributed by atoms with Crippen LogP contribution >= 0.6 is 0 Å². The number of carbonyl (C=O) groups excluding carboxylic acids is 1. The van der Waals surface area contributed by atoms with Crippen molar-refractivity contribution < 1.29 is 23.1 Å². The van der Waals surface area contributed by atoms with Crippen molar-refractivity contribution >= 4 is 16.0 Å². The summed E-state index contributed by atoms with van der Waals surface area (Å²) in [6.07, 6.45) is 0. The topological polar surface area (TPSA) is 83.9 Å². The molecule has 0 heterocycles. The monoisotopic (exact) mass is 315 g/mol. The van der Waals surface area contributed by atoms with E-state index in [9.17, 15) is 18.3 Å². The van der Waals surface area contributed by atoms with Gasteiger partial charge in [0, 0.05) is 7.05 Å². The molecular weight excluding hydrogens is 294 g/mol. The molecule has 0 radical (unpaired) electrons. The van der Waals surface area contributed by atoms with Gasteiger partial charge in [0.25, 0.3) is 0 Å². The number of aliphatic hydroxyl groups is 1. The van der Waals surface area contributed by atoms with E-state index in [2.05, 4.69) is 0 Å². The zero-order valence-electron chi connectivity index (χ0n) is 12.7. The van der Waals surface area contributed by atoms with Gasteiger partial charge in [-0.05, 0) is 45.0 Å². The molecule has 0 unspecified atom stereocenters. The molecule has 118 valence electrons. The van der Waals surface area contributed by atoms with Gasteiger partial charge in [0.05, 0.1) is 29.2 Å². The van der Waals surface area contributed by atoms with Crippen LogP contribution in [0.15, 0.2) is 29.2 Å². The van der Waals surface area contributed by atoms with Crippen molar-refractivity contribution in [2.75, 3.05) is 20.3 Å². The summed E-state index contributed by atoms with van der Waals surface area (Å²) in [5, 5.41) is 9.28. The van der Waals surface area contributed by atoms with Gasteiger partial charge in [-0.2, -0.15) is 4.31 Å². The van der Waals surface area contributed by atoms with Crippen molar-refractivity contribution in [1.29, 1.82) is 0 Å². The van der Waals surface area contributed by atoms with Crippen LogP contribution in [-0.2, 0) is 14.8 Å². The average molecular weight is 315 g/mol. The molecule has 0 aliphatic heterocycles. The highest BCUT2D eigenvalue weighted by molar-refractivity contribution is 7.89. The third-order valence-electron chi connectivity index (χ3n) is 3.26.